The first-order valence-corrected chi connectivity index (χ1v) is 3.45. The van der Waals surface area contributed by atoms with Crippen LogP contribution in [0.25, 0.3) is 0 Å². The van der Waals surface area contributed by atoms with Gasteiger partial charge in [-0.05, 0) is 32.4 Å². The van der Waals surface area contributed by atoms with Crippen LogP contribution >= 0.6 is 0 Å². The van der Waals surface area contributed by atoms with Gasteiger partial charge in [0.25, 0.3) is 0 Å². The van der Waals surface area contributed by atoms with E-state index >= 15 is 0 Å². The topological polar surface area (TPSA) is 49.7 Å². The predicted octanol–water partition coefficient (Wildman–Crippen LogP) is 1.25. The minimum absolute atomic E-state index is 0.815. The number of nitrogens with zero attached hydrogens (tertiary/aromatic N) is 1. The van der Waals surface area contributed by atoms with Crippen LogP contribution in [0.5, 0.6) is 0 Å². The molecule has 0 aliphatic carbocycles. The lowest BCUT2D eigenvalue weighted by atomic mass is 10.0. The highest BCUT2D eigenvalue weighted by Crippen LogP contribution is 2.23. The van der Waals surface area contributed by atoms with Gasteiger partial charge in [0, 0.05) is 5.71 Å². The largest absolute Gasteiger partial charge is 0.479 e. The zero-order chi connectivity index (χ0) is 8.65. The SMILES string of the molecule is CC1=CC(C)(C(=O)O)N=C1C. The zero-order valence-corrected chi connectivity index (χ0v) is 6.88. The van der Waals surface area contributed by atoms with Crippen LogP contribution in [0.2, 0.25) is 0 Å². The van der Waals surface area contributed by atoms with E-state index in [1.54, 1.807) is 13.0 Å². The second kappa shape index (κ2) is 2.19. The van der Waals surface area contributed by atoms with Crippen molar-refractivity contribution < 1.29 is 9.90 Å². The summed E-state index contributed by atoms with van der Waals surface area (Å²) in [5.74, 6) is -0.895. The van der Waals surface area contributed by atoms with Gasteiger partial charge in [-0.1, -0.05) is 0 Å². The minimum atomic E-state index is -1.02. The molecular formula is C8H11NO2. The first kappa shape index (κ1) is 7.98. The minimum Gasteiger partial charge on any atom is -0.479 e. The van der Waals surface area contributed by atoms with Gasteiger partial charge in [-0.3, -0.25) is 4.99 Å². The van der Waals surface area contributed by atoms with Crippen molar-refractivity contribution in [2.24, 2.45) is 4.99 Å². The Bertz CT molecular complexity index is 245. The van der Waals surface area contributed by atoms with E-state index in [4.69, 9.17) is 5.11 Å². The predicted molar refractivity (Wildman–Crippen MR) is 42.9 cm³/mol. The lowest BCUT2D eigenvalue weighted by Gasteiger charge is -2.10. The smallest absolute Gasteiger partial charge is 0.335 e. The molecule has 0 spiro atoms. The molecule has 1 aliphatic rings. The van der Waals surface area contributed by atoms with Crippen LogP contribution in [-0.2, 0) is 4.79 Å². The van der Waals surface area contributed by atoms with Crippen molar-refractivity contribution in [3.05, 3.63) is 11.6 Å². The Balaban J connectivity index is 3.06. The van der Waals surface area contributed by atoms with E-state index in [0.717, 1.165) is 11.3 Å². The molecule has 0 aromatic rings. The van der Waals surface area contributed by atoms with Crippen LogP contribution in [0, 0.1) is 0 Å². The molecule has 0 amide bonds. The Hall–Kier alpha value is -1.12. The van der Waals surface area contributed by atoms with Crippen molar-refractivity contribution in [1.82, 2.24) is 0 Å². The summed E-state index contributed by atoms with van der Waals surface area (Å²) in [6.07, 6.45) is 1.67. The van der Waals surface area contributed by atoms with E-state index in [9.17, 15) is 4.79 Å². The number of carboxylic acid groups (broad SMARTS) is 1. The summed E-state index contributed by atoms with van der Waals surface area (Å²) in [6, 6.07) is 0. The van der Waals surface area contributed by atoms with E-state index in [-0.39, 0.29) is 0 Å². The molecule has 0 aromatic carbocycles. The fourth-order valence-corrected chi connectivity index (χ4v) is 1.10. The highest BCUT2D eigenvalue weighted by atomic mass is 16.4. The molecule has 1 atom stereocenters. The van der Waals surface area contributed by atoms with Crippen molar-refractivity contribution in [3.8, 4) is 0 Å². The summed E-state index contributed by atoms with van der Waals surface area (Å²) in [7, 11) is 0. The van der Waals surface area contributed by atoms with Crippen LogP contribution < -0.4 is 0 Å². The molecule has 0 bridgehead atoms. The van der Waals surface area contributed by atoms with Gasteiger partial charge in [0.15, 0.2) is 5.54 Å². The maximum absolute atomic E-state index is 10.7. The Morgan fingerprint density at radius 1 is 1.64 bits per heavy atom. The molecule has 0 saturated carbocycles. The normalized spacial score (nSPS) is 29.7. The van der Waals surface area contributed by atoms with Gasteiger partial charge < -0.3 is 5.11 Å². The standard InChI is InChI=1S/C8H11NO2/c1-5-4-8(3,7(10)11)9-6(5)2/h4H,1-3H3,(H,10,11). The molecule has 0 fully saturated rings. The summed E-state index contributed by atoms with van der Waals surface area (Å²) in [5.41, 5.74) is 0.749. The summed E-state index contributed by atoms with van der Waals surface area (Å²) in [6.45, 7) is 5.28. The number of hydrogen-bond acceptors (Lipinski definition) is 2. The fourth-order valence-electron chi connectivity index (χ4n) is 1.10. The van der Waals surface area contributed by atoms with Crippen LogP contribution in [0.15, 0.2) is 16.6 Å². The van der Waals surface area contributed by atoms with Crippen LogP contribution in [0.1, 0.15) is 20.8 Å². The third-order valence-electron chi connectivity index (χ3n) is 1.90. The number of carboxylic acids is 1. The van der Waals surface area contributed by atoms with Crippen molar-refractivity contribution in [2.75, 3.05) is 0 Å². The maximum Gasteiger partial charge on any atom is 0.335 e. The van der Waals surface area contributed by atoms with Gasteiger partial charge >= 0.3 is 5.97 Å². The summed E-state index contributed by atoms with van der Waals surface area (Å²) in [4.78, 5) is 14.7. The van der Waals surface area contributed by atoms with Gasteiger partial charge in [0.2, 0.25) is 0 Å². The maximum atomic E-state index is 10.7. The average Bonchev–Trinajstić information content (AvgIpc) is 2.09. The molecule has 3 heteroatoms. The zero-order valence-electron chi connectivity index (χ0n) is 6.88. The van der Waals surface area contributed by atoms with E-state index in [2.05, 4.69) is 4.99 Å². The van der Waals surface area contributed by atoms with Crippen molar-refractivity contribution in [1.29, 1.82) is 0 Å². The molecule has 1 heterocycles. The summed E-state index contributed by atoms with van der Waals surface area (Å²) < 4.78 is 0. The van der Waals surface area contributed by atoms with Crippen molar-refractivity contribution in [2.45, 2.75) is 26.3 Å². The first-order valence-electron chi connectivity index (χ1n) is 3.45. The highest BCUT2D eigenvalue weighted by molar-refractivity contribution is 6.04. The lowest BCUT2D eigenvalue weighted by molar-refractivity contribution is -0.140. The Morgan fingerprint density at radius 2 is 2.18 bits per heavy atom. The second-order valence-electron chi connectivity index (χ2n) is 2.98. The Kier molecular flexibility index (Phi) is 1.59. The van der Waals surface area contributed by atoms with Crippen LogP contribution in [0.4, 0.5) is 0 Å². The molecule has 1 N–H and O–H groups in total. The first-order chi connectivity index (χ1) is 4.96. The summed E-state index contributed by atoms with van der Waals surface area (Å²) in [5, 5.41) is 8.76. The van der Waals surface area contributed by atoms with Gasteiger partial charge in [-0.15, -0.1) is 0 Å². The van der Waals surface area contributed by atoms with Crippen LogP contribution in [0.3, 0.4) is 0 Å². The Morgan fingerprint density at radius 3 is 2.36 bits per heavy atom. The van der Waals surface area contributed by atoms with Gasteiger partial charge in [-0.25, -0.2) is 4.79 Å². The number of aliphatic carboxylic acids is 1. The molecule has 3 nitrogen and oxygen atoms in total. The Labute approximate surface area is 65.4 Å². The molecular weight excluding hydrogens is 142 g/mol. The van der Waals surface area contributed by atoms with E-state index < -0.39 is 11.5 Å². The number of hydrogen-bond donors (Lipinski definition) is 1. The highest BCUT2D eigenvalue weighted by Gasteiger charge is 2.33. The third kappa shape index (κ3) is 1.18. The number of allylic oxidation sites excluding steroid dienone is 1. The van der Waals surface area contributed by atoms with Crippen molar-refractivity contribution >= 4 is 11.7 Å². The molecule has 1 rings (SSSR count). The van der Waals surface area contributed by atoms with E-state index in [1.807, 2.05) is 13.8 Å². The monoisotopic (exact) mass is 153 g/mol. The molecule has 60 valence electrons. The molecule has 1 aliphatic heterocycles. The molecule has 0 radical (unpaired) electrons. The van der Waals surface area contributed by atoms with E-state index in [0.29, 0.717) is 0 Å². The number of aliphatic imine (C=N–C) groups is 1. The fraction of sp³-hybridized carbons (Fsp3) is 0.500. The van der Waals surface area contributed by atoms with Crippen molar-refractivity contribution in [3.63, 3.8) is 0 Å². The molecule has 0 saturated heterocycles. The van der Waals surface area contributed by atoms with Gasteiger partial charge in [0.1, 0.15) is 0 Å². The lowest BCUT2D eigenvalue weighted by Crippen LogP contribution is -2.28. The number of carbonyl (C=O) groups is 1. The average molecular weight is 153 g/mol. The molecule has 11 heavy (non-hydrogen) atoms. The second-order valence-corrected chi connectivity index (χ2v) is 2.98. The van der Waals surface area contributed by atoms with Gasteiger partial charge in [-0.2, -0.15) is 0 Å². The van der Waals surface area contributed by atoms with Crippen LogP contribution in [-0.4, -0.2) is 22.3 Å². The quantitative estimate of drug-likeness (QED) is 0.616. The summed E-state index contributed by atoms with van der Waals surface area (Å²) >= 11 is 0. The molecule has 0 aromatic heterocycles. The third-order valence-corrected chi connectivity index (χ3v) is 1.90. The van der Waals surface area contributed by atoms with E-state index in [1.165, 1.54) is 0 Å². The molecule has 1 unspecified atom stereocenters. The van der Waals surface area contributed by atoms with Gasteiger partial charge in [0.05, 0.1) is 0 Å². The number of rotatable bonds is 1.